The maximum absolute atomic E-state index is 12.3. The van der Waals surface area contributed by atoms with Crippen LogP contribution in [0.4, 0.5) is 13.2 Å². The van der Waals surface area contributed by atoms with Crippen LogP contribution in [0.25, 0.3) is 0 Å². The van der Waals surface area contributed by atoms with Crippen LogP contribution in [-0.2, 0) is 17.4 Å². The lowest BCUT2D eigenvalue weighted by Gasteiger charge is -2.06. The van der Waals surface area contributed by atoms with Crippen molar-refractivity contribution in [1.29, 1.82) is 0 Å². The van der Waals surface area contributed by atoms with Crippen LogP contribution in [-0.4, -0.2) is 5.78 Å². The smallest absolute Gasteiger partial charge is 0.294 e. The Hall–Kier alpha value is -1.58. The lowest BCUT2D eigenvalue weighted by molar-refractivity contribution is -0.137. The number of benzene rings is 1. The molecule has 0 radical (unpaired) electrons. The number of carbonyl (C=O) groups is 1. The summed E-state index contributed by atoms with van der Waals surface area (Å²) in [7, 11) is 0. The Bertz CT molecular complexity index is 402. The third kappa shape index (κ3) is 4.43. The fraction of sp³-hybridized carbons (Fsp3) is 0.308. The van der Waals surface area contributed by atoms with Crippen molar-refractivity contribution in [3.63, 3.8) is 0 Å². The van der Waals surface area contributed by atoms with Gasteiger partial charge in [0.1, 0.15) is 0 Å². The van der Waals surface area contributed by atoms with Crippen LogP contribution in [0.15, 0.2) is 36.4 Å². The molecule has 1 aromatic carbocycles. The van der Waals surface area contributed by atoms with Gasteiger partial charge in [0.25, 0.3) is 0 Å². The predicted octanol–water partition coefficient (Wildman–Crippen LogP) is 3.78. The molecule has 0 bridgehead atoms. The maximum Gasteiger partial charge on any atom is 0.416 e. The third-order valence-electron chi connectivity index (χ3n) is 2.20. The normalized spacial score (nSPS) is 12.0. The first-order valence-corrected chi connectivity index (χ1v) is 5.29. The van der Waals surface area contributed by atoms with E-state index in [0.717, 1.165) is 18.6 Å². The average molecular weight is 242 g/mol. The topological polar surface area (TPSA) is 17.1 Å². The molecular weight excluding hydrogens is 229 g/mol. The van der Waals surface area contributed by atoms with Crippen molar-refractivity contribution in [1.82, 2.24) is 0 Å². The largest absolute Gasteiger partial charge is 0.416 e. The highest BCUT2D eigenvalue weighted by Gasteiger charge is 2.29. The number of rotatable bonds is 4. The van der Waals surface area contributed by atoms with Gasteiger partial charge in [-0.15, -0.1) is 0 Å². The zero-order chi connectivity index (χ0) is 12.9. The lowest BCUT2D eigenvalue weighted by atomic mass is 10.1. The summed E-state index contributed by atoms with van der Waals surface area (Å²) in [6.45, 7) is 1.90. The predicted molar refractivity (Wildman–Crippen MR) is 59.6 cm³/mol. The highest BCUT2D eigenvalue weighted by Crippen LogP contribution is 2.29. The van der Waals surface area contributed by atoms with Gasteiger partial charge < -0.3 is 0 Å². The SMILES string of the molecule is CC/C=C/C(=O)Cc1ccc(C(F)(F)F)cc1. The van der Waals surface area contributed by atoms with E-state index in [0.29, 0.717) is 5.56 Å². The molecule has 0 aliphatic carbocycles. The quantitative estimate of drug-likeness (QED) is 0.734. The van der Waals surface area contributed by atoms with Gasteiger partial charge in [-0.05, 0) is 30.2 Å². The van der Waals surface area contributed by atoms with Crippen LogP contribution in [0.5, 0.6) is 0 Å². The number of allylic oxidation sites excluding steroid dienone is 2. The van der Waals surface area contributed by atoms with E-state index in [1.54, 1.807) is 6.08 Å². The number of ketones is 1. The van der Waals surface area contributed by atoms with Crippen LogP contribution in [0.3, 0.4) is 0 Å². The maximum atomic E-state index is 12.3. The number of hydrogen-bond acceptors (Lipinski definition) is 1. The van der Waals surface area contributed by atoms with Crippen molar-refractivity contribution < 1.29 is 18.0 Å². The van der Waals surface area contributed by atoms with Gasteiger partial charge in [0.15, 0.2) is 5.78 Å². The number of alkyl halides is 3. The number of hydrogen-bond donors (Lipinski definition) is 0. The summed E-state index contributed by atoms with van der Waals surface area (Å²) in [5.74, 6) is -0.105. The molecule has 1 aromatic rings. The van der Waals surface area contributed by atoms with Gasteiger partial charge in [0.05, 0.1) is 5.56 Å². The van der Waals surface area contributed by atoms with Gasteiger partial charge in [-0.25, -0.2) is 0 Å². The molecule has 0 fully saturated rings. The van der Waals surface area contributed by atoms with Crippen molar-refractivity contribution in [3.8, 4) is 0 Å². The zero-order valence-corrected chi connectivity index (χ0v) is 9.42. The molecule has 17 heavy (non-hydrogen) atoms. The molecule has 0 heterocycles. The first-order valence-electron chi connectivity index (χ1n) is 5.29. The summed E-state index contributed by atoms with van der Waals surface area (Å²) in [4.78, 5) is 11.3. The molecular formula is C13H13F3O. The Labute approximate surface area is 98.0 Å². The first kappa shape index (κ1) is 13.5. The average Bonchev–Trinajstić information content (AvgIpc) is 2.26. The molecule has 0 amide bonds. The van der Waals surface area contributed by atoms with Crippen LogP contribution in [0, 0.1) is 0 Å². The monoisotopic (exact) mass is 242 g/mol. The van der Waals surface area contributed by atoms with E-state index in [9.17, 15) is 18.0 Å². The molecule has 0 saturated heterocycles. The Kier molecular flexibility index (Phi) is 4.49. The zero-order valence-electron chi connectivity index (χ0n) is 9.42. The van der Waals surface area contributed by atoms with Gasteiger partial charge >= 0.3 is 6.18 Å². The number of halogens is 3. The standard InChI is InChI=1S/C13H13F3O/c1-2-3-4-12(17)9-10-5-7-11(8-6-10)13(14,15)16/h3-8H,2,9H2,1H3/b4-3+. The second-order valence-corrected chi connectivity index (χ2v) is 3.65. The highest BCUT2D eigenvalue weighted by molar-refractivity contribution is 5.91. The van der Waals surface area contributed by atoms with E-state index in [1.165, 1.54) is 18.2 Å². The summed E-state index contributed by atoms with van der Waals surface area (Å²) >= 11 is 0. The summed E-state index contributed by atoms with van der Waals surface area (Å²) in [6, 6.07) is 4.65. The lowest BCUT2D eigenvalue weighted by Crippen LogP contribution is -2.05. The Morgan fingerprint density at radius 3 is 2.29 bits per heavy atom. The molecule has 0 unspecified atom stereocenters. The molecule has 92 valence electrons. The molecule has 0 spiro atoms. The summed E-state index contributed by atoms with van der Waals surface area (Å²) in [5, 5.41) is 0. The molecule has 0 aliphatic rings. The second kappa shape index (κ2) is 5.66. The van der Waals surface area contributed by atoms with E-state index in [-0.39, 0.29) is 12.2 Å². The summed E-state index contributed by atoms with van der Waals surface area (Å²) in [6.07, 6.45) is -0.248. The Balaban J connectivity index is 2.69. The van der Waals surface area contributed by atoms with Gasteiger partial charge in [-0.2, -0.15) is 13.2 Å². The molecule has 1 rings (SSSR count). The fourth-order valence-electron chi connectivity index (χ4n) is 1.32. The van der Waals surface area contributed by atoms with E-state index < -0.39 is 11.7 Å². The van der Waals surface area contributed by atoms with Crippen molar-refractivity contribution >= 4 is 5.78 Å². The summed E-state index contributed by atoms with van der Waals surface area (Å²) < 4.78 is 36.8. The van der Waals surface area contributed by atoms with Gasteiger partial charge in [-0.1, -0.05) is 25.1 Å². The van der Waals surface area contributed by atoms with E-state index in [4.69, 9.17) is 0 Å². The van der Waals surface area contributed by atoms with E-state index in [2.05, 4.69) is 0 Å². The Morgan fingerprint density at radius 2 is 1.82 bits per heavy atom. The molecule has 0 aliphatic heterocycles. The van der Waals surface area contributed by atoms with Crippen LogP contribution >= 0.6 is 0 Å². The Morgan fingerprint density at radius 1 is 1.24 bits per heavy atom. The van der Waals surface area contributed by atoms with Crippen molar-refractivity contribution in [2.45, 2.75) is 25.9 Å². The fourth-order valence-corrected chi connectivity index (χ4v) is 1.32. The molecule has 0 aromatic heterocycles. The summed E-state index contributed by atoms with van der Waals surface area (Å²) in [5.41, 5.74) is -0.110. The number of carbonyl (C=O) groups excluding carboxylic acids is 1. The first-order chi connectivity index (χ1) is 7.93. The second-order valence-electron chi connectivity index (χ2n) is 3.65. The molecule has 4 heteroatoms. The van der Waals surface area contributed by atoms with Gasteiger partial charge in [-0.3, -0.25) is 4.79 Å². The highest BCUT2D eigenvalue weighted by atomic mass is 19.4. The molecule has 0 atom stereocenters. The third-order valence-corrected chi connectivity index (χ3v) is 2.20. The van der Waals surface area contributed by atoms with Crippen molar-refractivity contribution in [2.24, 2.45) is 0 Å². The molecule has 0 N–H and O–H groups in total. The van der Waals surface area contributed by atoms with Gasteiger partial charge in [0.2, 0.25) is 0 Å². The van der Waals surface area contributed by atoms with Gasteiger partial charge in [0, 0.05) is 6.42 Å². The van der Waals surface area contributed by atoms with Crippen LogP contribution in [0.1, 0.15) is 24.5 Å². The van der Waals surface area contributed by atoms with E-state index in [1.807, 2.05) is 6.92 Å². The van der Waals surface area contributed by atoms with E-state index >= 15 is 0 Å². The van der Waals surface area contributed by atoms with Crippen LogP contribution < -0.4 is 0 Å². The minimum Gasteiger partial charge on any atom is -0.294 e. The van der Waals surface area contributed by atoms with Crippen molar-refractivity contribution in [3.05, 3.63) is 47.5 Å². The minimum atomic E-state index is -4.33. The minimum absolute atomic E-state index is 0.105. The van der Waals surface area contributed by atoms with Crippen molar-refractivity contribution in [2.75, 3.05) is 0 Å². The molecule has 1 nitrogen and oxygen atoms in total. The molecule has 0 saturated carbocycles. The van der Waals surface area contributed by atoms with Crippen LogP contribution in [0.2, 0.25) is 0 Å².